The Kier molecular flexibility index (Phi) is 9.02. The lowest BCUT2D eigenvalue weighted by atomic mass is 9.63. The zero-order valence-electron chi connectivity index (χ0n) is 19.1. The first kappa shape index (κ1) is 25.8. The molecule has 33 heavy (non-hydrogen) atoms. The Morgan fingerprint density at radius 3 is 1.12 bits per heavy atom. The molecular weight excluding hydrogens is 438 g/mol. The molecule has 3 fully saturated rings. The van der Waals surface area contributed by atoms with Crippen LogP contribution >= 0.6 is 0 Å². The molecule has 12 heteroatoms. The van der Waals surface area contributed by atoms with Crippen LogP contribution in [0, 0.1) is 5.41 Å². The van der Waals surface area contributed by atoms with Gasteiger partial charge in [0.1, 0.15) is 0 Å². The first-order chi connectivity index (χ1) is 15.9. The highest BCUT2D eigenvalue weighted by molar-refractivity contribution is 5.73. The molecule has 3 rings (SSSR count). The summed E-state index contributed by atoms with van der Waals surface area (Å²) >= 11 is 0. The van der Waals surface area contributed by atoms with Crippen molar-refractivity contribution < 1.29 is 43.9 Å². The summed E-state index contributed by atoms with van der Waals surface area (Å²) in [6, 6.07) is -1.08. The molecule has 3 atom stereocenters. The first-order valence-corrected chi connectivity index (χ1v) is 11.4. The van der Waals surface area contributed by atoms with Gasteiger partial charge in [-0.3, -0.25) is 29.1 Å². The summed E-state index contributed by atoms with van der Waals surface area (Å²) in [5, 5.41) is 27.3. The van der Waals surface area contributed by atoms with Crippen LogP contribution in [0.5, 0.6) is 0 Å². The van der Waals surface area contributed by atoms with Crippen molar-refractivity contribution in [1.82, 2.24) is 14.7 Å². The van der Waals surface area contributed by atoms with Crippen LogP contribution in [0.2, 0.25) is 0 Å². The van der Waals surface area contributed by atoms with Gasteiger partial charge in [-0.25, -0.2) is 0 Å². The number of rotatable bonds is 16. The van der Waals surface area contributed by atoms with Gasteiger partial charge in [-0.05, 0) is 6.42 Å². The number of esters is 3. The smallest absolute Gasteiger partial charge is 0.309 e. The normalized spacial score (nSPS) is 22.5. The van der Waals surface area contributed by atoms with Gasteiger partial charge in [0.25, 0.3) is 0 Å². The molecule has 0 aromatic heterocycles. The third kappa shape index (κ3) is 6.40. The van der Waals surface area contributed by atoms with E-state index in [9.17, 15) is 14.4 Å². The Balaban J connectivity index is 2.04. The quantitative estimate of drug-likeness (QED) is 0.0993. The van der Waals surface area contributed by atoms with E-state index in [1.165, 1.54) is 0 Å². The van der Waals surface area contributed by atoms with Crippen LogP contribution in [0.1, 0.15) is 32.6 Å². The number of carbonyl (C=O) groups excluding carboxylic acids is 3. The fraction of sp³-hybridized carbons (Fsp3) is 0.857. The van der Waals surface area contributed by atoms with Gasteiger partial charge in [0.05, 0.1) is 19.3 Å². The predicted molar refractivity (Wildman–Crippen MR) is 112 cm³/mol. The molecule has 0 aromatic carbocycles. The average molecular weight is 474 g/mol. The Morgan fingerprint density at radius 2 is 0.939 bits per heavy atom. The number of hydrogen-bond acceptors (Lipinski definition) is 12. The molecule has 3 unspecified atom stereocenters. The topological polar surface area (TPSA) is 149 Å². The Hall–Kier alpha value is -1.83. The number of aliphatic hydroxyl groups is 3. The van der Waals surface area contributed by atoms with E-state index in [0.29, 0.717) is 6.42 Å². The van der Waals surface area contributed by atoms with Crippen molar-refractivity contribution in [3.63, 3.8) is 0 Å². The van der Waals surface area contributed by atoms with Crippen molar-refractivity contribution >= 4 is 17.9 Å². The zero-order valence-corrected chi connectivity index (χ0v) is 19.1. The van der Waals surface area contributed by atoms with Gasteiger partial charge in [-0.1, -0.05) is 6.92 Å². The molecule has 0 radical (unpaired) electrons. The highest BCUT2D eigenvalue weighted by Gasteiger charge is 2.60. The molecule has 3 aliphatic rings. The third-order valence-electron chi connectivity index (χ3n) is 7.00. The minimum atomic E-state index is -0.735. The van der Waals surface area contributed by atoms with Crippen LogP contribution in [0.4, 0.5) is 0 Å². The van der Waals surface area contributed by atoms with Crippen LogP contribution in [-0.2, 0) is 28.6 Å². The van der Waals surface area contributed by atoms with E-state index in [-0.39, 0.29) is 37.4 Å². The minimum Gasteiger partial charge on any atom is -0.439 e. The van der Waals surface area contributed by atoms with E-state index >= 15 is 0 Å². The lowest BCUT2D eigenvalue weighted by molar-refractivity contribution is -0.159. The van der Waals surface area contributed by atoms with Crippen LogP contribution < -0.4 is 0 Å². The maximum absolute atomic E-state index is 12.5. The molecule has 0 saturated carbocycles. The van der Waals surface area contributed by atoms with Crippen LogP contribution in [0.15, 0.2) is 0 Å². The summed E-state index contributed by atoms with van der Waals surface area (Å²) in [6.45, 7) is 4.41. The van der Waals surface area contributed by atoms with Crippen LogP contribution in [0.3, 0.4) is 0 Å². The minimum absolute atomic E-state index is 0.00677. The number of ether oxygens (including phenoxy) is 3. The van der Waals surface area contributed by atoms with Gasteiger partial charge in [0.2, 0.25) is 0 Å². The zero-order chi connectivity index (χ0) is 24.0. The number of hydrogen-bond donors (Lipinski definition) is 3. The van der Waals surface area contributed by atoms with E-state index < -0.39 is 43.7 Å². The lowest BCUT2D eigenvalue weighted by Crippen LogP contribution is -2.62. The highest BCUT2D eigenvalue weighted by atomic mass is 16.6. The van der Waals surface area contributed by atoms with E-state index in [0.717, 1.165) is 39.3 Å². The monoisotopic (exact) mass is 473 g/mol. The van der Waals surface area contributed by atoms with Crippen LogP contribution in [0.25, 0.3) is 0 Å². The lowest BCUT2D eigenvalue weighted by Gasteiger charge is -2.52. The predicted octanol–water partition coefficient (Wildman–Crippen LogP) is -1.92. The summed E-state index contributed by atoms with van der Waals surface area (Å²) in [6.07, 6.45) is 0.523. The molecule has 0 amide bonds. The molecule has 3 heterocycles. The van der Waals surface area contributed by atoms with Gasteiger partial charge < -0.3 is 29.5 Å². The van der Waals surface area contributed by atoms with Gasteiger partial charge >= 0.3 is 17.9 Å². The Labute approximate surface area is 193 Å². The van der Waals surface area contributed by atoms with E-state index in [2.05, 4.69) is 14.7 Å². The highest BCUT2D eigenvalue weighted by Crippen LogP contribution is 2.50. The van der Waals surface area contributed by atoms with Crippen molar-refractivity contribution in [3.05, 3.63) is 0 Å². The fourth-order valence-corrected chi connectivity index (χ4v) is 5.32. The molecule has 0 aromatic rings. The van der Waals surface area contributed by atoms with E-state index in [1.54, 1.807) is 0 Å². The van der Waals surface area contributed by atoms with Crippen molar-refractivity contribution in [2.75, 3.05) is 59.6 Å². The standard InChI is InChI=1S/C21H35N3O9/c1-2-21(15(22-3-4-22)9-18(28)31-12-25,16(23-5-6-23)10-19(29)32-13-26)17(24-7-8-24)11-20(30)33-14-27/h15-17,25-27H,2-14H2,1H3. The maximum atomic E-state index is 12.5. The third-order valence-corrected chi connectivity index (χ3v) is 7.00. The number of aliphatic hydroxyl groups excluding tert-OH is 3. The summed E-state index contributed by atoms with van der Waals surface area (Å²) in [7, 11) is 0. The molecule has 0 spiro atoms. The molecule has 3 saturated heterocycles. The van der Waals surface area contributed by atoms with Gasteiger partial charge in [-0.15, -0.1) is 0 Å². The second-order valence-corrected chi connectivity index (χ2v) is 8.67. The van der Waals surface area contributed by atoms with Crippen LogP contribution in [-0.4, -0.2) is 126 Å². The second-order valence-electron chi connectivity index (χ2n) is 8.67. The van der Waals surface area contributed by atoms with Crippen molar-refractivity contribution in [2.45, 2.75) is 50.7 Å². The maximum Gasteiger partial charge on any atom is 0.309 e. The molecule has 3 aliphatic heterocycles. The van der Waals surface area contributed by atoms with E-state index in [1.807, 2.05) is 6.92 Å². The summed E-state index contributed by atoms with van der Waals surface area (Å²) in [5.41, 5.74) is -0.735. The molecule has 12 nitrogen and oxygen atoms in total. The summed E-state index contributed by atoms with van der Waals surface area (Å²) in [4.78, 5) is 44.0. The Morgan fingerprint density at radius 1 is 0.667 bits per heavy atom. The molecular formula is C21H35N3O9. The summed E-state index contributed by atoms with van der Waals surface area (Å²) in [5.74, 6) is -1.67. The van der Waals surface area contributed by atoms with E-state index in [4.69, 9.17) is 29.5 Å². The first-order valence-electron chi connectivity index (χ1n) is 11.4. The molecule has 0 aliphatic carbocycles. The molecule has 188 valence electrons. The molecule has 3 N–H and O–H groups in total. The van der Waals surface area contributed by atoms with Crippen molar-refractivity contribution in [2.24, 2.45) is 5.41 Å². The second kappa shape index (κ2) is 11.5. The van der Waals surface area contributed by atoms with Crippen molar-refractivity contribution in [1.29, 1.82) is 0 Å². The number of nitrogens with zero attached hydrogens (tertiary/aromatic N) is 3. The van der Waals surface area contributed by atoms with Gasteiger partial charge in [-0.2, -0.15) is 0 Å². The Bertz CT molecular complexity index is 606. The van der Waals surface area contributed by atoms with Gasteiger partial charge in [0.15, 0.2) is 20.4 Å². The largest absolute Gasteiger partial charge is 0.439 e. The average Bonchev–Trinajstić information content (AvgIpc) is 3.65. The SMILES string of the molecule is CCC(C(CC(=O)OCO)N1CC1)(C(CC(=O)OCO)N1CC1)C(CC(=O)OCO)N1CC1. The summed E-state index contributed by atoms with van der Waals surface area (Å²) < 4.78 is 14.6. The number of carbonyl (C=O) groups is 3. The molecule has 0 bridgehead atoms. The fourth-order valence-electron chi connectivity index (χ4n) is 5.32. The van der Waals surface area contributed by atoms with Crippen molar-refractivity contribution in [3.8, 4) is 0 Å². The van der Waals surface area contributed by atoms with Gasteiger partial charge in [0, 0.05) is 62.8 Å².